The van der Waals surface area contributed by atoms with E-state index in [1.54, 1.807) is 0 Å². The van der Waals surface area contributed by atoms with Gasteiger partial charge in [-0.05, 0) is 44.6 Å². The summed E-state index contributed by atoms with van der Waals surface area (Å²) < 4.78 is 0. The molecule has 0 aromatic carbocycles. The molecule has 1 amide bonds. The third-order valence-electron chi connectivity index (χ3n) is 5.82. The van der Waals surface area contributed by atoms with Crippen LogP contribution >= 0.6 is 0 Å². The molecule has 2 bridgehead atoms. The average Bonchev–Trinajstić information content (AvgIpc) is 2.95. The van der Waals surface area contributed by atoms with Crippen LogP contribution in [0.1, 0.15) is 58.8 Å². The first-order valence-electron chi connectivity index (χ1n) is 8.14. The van der Waals surface area contributed by atoms with Gasteiger partial charge < -0.3 is 10.2 Å². The summed E-state index contributed by atoms with van der Waals surface area (Å²) in [6, 6.07) is 0.967. The van der Waals surface area contributed by atoms with Gasteiger partial charge in [-0.25, -0.2) is 0 Å². The number of nitrogens with one attached hydrogen (secondary N) is 1. The van der Waals surface area contributed by atoms with Crippen molar-refractivity contribution in [1.82, 2.24) is 10.2 Å². The van der Waals surface area contributed by atoms with E-state index >= 15 is 0 Å². The molecule has 3 nitrogen and oxygen atoms in total. The highest BCUT2D eigenvalue weighted by atomic mass is 16.2. The van der Waals surface area contributed by atoms with Crippen LogP contribution in [-0.4, -0.2) is 36.0 Å². The first-order chi connectivity index (χ1) is 9.10. The van der Waals surface area contributed by atoms with Gasteiger partial charge in [0.15, 0.2) is 0 Å². The fourth-order valence-electron chi connectivity index (χ4n) is 4.47. The first-order valence-corrected chi connectivity index (χ1v) is 8.14. The average molecular weight is 264 g/mol. The van der Waals surface area contributed by atoms with Crippen molar-refractivity contribution < 1.29 is 4.79 Å². The molecule has 3 fully saturated rings. The van der Waals surface area contributed by atoms with Crippen molar-refractivity contribution in [2.45, 2.75) is 70.9 Å². The number of nitrogens with zero attached hydrogens (tertiary/aromatic N) is 1. The highest BCUT2D eigenvalue weighted by Crippen LogP contribution is 2.43. The van der Waals surface area contributed by atoms with Gasteiger partial charge in [-0.1, -0.05) is 26.7 Å². The minimum atomic E-state index is -0.151. The molecule has 0 aromatic rings. The van der Waals surface area contributed by atoms with Crippen molar-refractivity contribution in [2.75, 3.05) is 13.1 Å². The van der Waals surface area contributed by atoms with Gasteiger partial charge in [0.1, 0.15) is 0 Å². The molecular weight excluding hydrogens is 236 g/mol. The Bertz CT molecular complexity index is 333. The summed E-state index contributed by atoms with van der Waals surface area (Å²) in [4.78, 5) is 15.4. The Morgan fingerprint density at radius 3 is 2.47 bits per heavy atom. The number of amides is 1. The Hall–Kier alpha value is -0.570. The number of fused-ring (bicyclic) bond motifs is 2. The zero-order valence-electron chi connectivity index (χ0n) is 12.5. The Balaban J connectivity index is 1.78. The summed E-state index contributed by atoms with van der Waals surface area (Å²) in [7, 11) is 0. The maximum Gasteiger partial charge on any atom is 0.229 e. The zero-order chi connectivity index (χ0) is 13.5. The van der Waals surface area contributed by atoms with Crippen molar-refractivity contribution in [3.05, 3.63) is 0 Å². The molecule has 2 atom stereocenters. The number of hydrogen-bond acceptors (Lipinski definition) is 2. The highest BCUT2D eigenvalue weighted by Gasteiger charge is 2.46. The molecule has 2 heterocycles. The Morgan fingerprint density at radius 1 is 1.05 bits per heavy atom. The molecule has 2 saturated heterocycles. The largest absolute Gasteiger partial charge is 0.335 e. The lowest BCUT2D eigenvalue weighted by Crippen LogP contribution is -2.50. The standard InChI is InChI=1S/C16H28N2O/c1-16(2,12-5-3-4-6-12)15(19)18-13-7-8-14(18)11-17-10-9-13/h12-14,17H,3-11H2,1-2H3. The minimum Gasteiger partial charge on any atom is -0.335 e. The zero-order valence-corrected chi connectivity index (χ0v) is 12.5. The smallest absolute Gasteiger partial charge is 0.229 e. The second-order valence-electron chi connectivity index (χ2n) is 7.29. The van der Waals surface area contributed by atoms with Gasteiger partial charge in [0.2, 0.25) is 5.91 Å². The van der Waals surface area contributed by atoms with Crippen LogP contribution in [0.4, 0.5) is 0 Å². The summed E-state index contributed by atoms with van der Waals surface area (Å²) in [5.41, 5.74) is -0.151. The van der Waals surface area contributed by atoms with Crippen molar-refractivity contribution >= 4 is 5.91 Å². The van der Waals surface area contributed by atoms with Gasteiger partial charge in [-0.2, -0.15) is 0 Å². The molecule has 1 aliphatic carbocycles. The molecule has 1 saturated carbocycles. The van der Waals surface area contributed by atoms with E-state index in [4.69, 9.17) is 0 Å². The predicted octanol–water partition coefficient (Wildman–Crippen LogP) is 2.56. The molecular formula is C16H28N2O. The van der Waals surface area contributed by atoms with Crippen molar-refractivity contribution in [3.63, 3.8) is 0 Å². The number of carbonyl (C=O) groups excluding carboxylic acids is 1. The molecule has 3 aliphatic rings. The maximum absolute atomic E-state index is 13.1. The molecule has 0 spiro atoms. The fourth-order valence-corrected chi connectivity index (χ4v) is 4.47. The van der Waals surface area contributed by atoms with Crippen molar-refractivity contribution in [3.8, 4) is 0 Å². The van der Waals surface area contributed by atoms with Crippen LogP contribution < -0.4 is 5.32 Å². The van der Waals surface area contributed by atoms with Gasteiger partial charge in [0, 0.05) is 24.0 Å². The minimum absolute atomic E-state index is 0.151. The van der Waals surface area contributed by atoms with Crippen LogP contribution in [0.15, 0.2) is 0 Å². The molecule has 3 rings (SSSR count). The molecule has 0 aromatic heterocycles. The van der Waals surface area contributed by atoms with Crippen molar-refractivity contribution in [1.29, 1.82) is 0 Å². The normalized spacial score (nSPS) is 32.6. The number of carbonyl (C=O) groups is 1. The van der Waals surface area contributed by atoms with Crippen molar-refractivity contribution in [2.24, 2.45) is 11.3 Å². The first kappa shape index (κ1) is 13.4. The quantitative estimate of drug-likeness (QED) is 0.831. The van der Waals surface area contributed by atoms with Crippen LogP contribution in [-0.2, 0) is 4.79 Å². The van der Waals surface area contributed by atoms with E-state index in [9.17, 15) is 4.79 Å². The van der Waals surface area contributed by atoms with Gasteiger partial charge in [-0.15, -0.1) is 0 Å². The monoisotopic (exact) mass is 264 g/mol. The summed E-state index contributed by atoms with van der Waals surface area (Å²) >= 11 is 0. The Labute approximate surface area is 117 Å². The van der Waals surface area contributed by atoms with E-state index < -0.39 is 0 Å². The van der Waals surface area contributed by atoms with Gasteiger partial charge in [-0.3, -0.25) is 4.79 Å². The van der Waals surface area contributed by atoms with Crippen LogP contribution in [0.3, 0.4) is 0 Å². The molecule has 19 heavy (non-hydrogen) atoms. The second-order valence-corrected chi connectivity index (χ2v) is 7.29. The van der Waals surface area contributed by atoms with Crippen LogP contribution in [0.2, 0.25) is 0 Å². The molecule has 2 aliphatic heterocycles. The fraction of sp³-hybridized carbons (Fsp3) is 0.938. The second kappa shape index (κ2) is 5.08. The van der Waals surface area contributed by atoms with Gasteiger partial charge >= 0.3 is 0 Å². The van der Waals surface area contributed by atoms with Gasteiger partial charge in [0.25, 0.3) is 0 Å². The molecule has 3 heteroatoms. The highest BCUT2D eigenvalue weighted by molar-refractivity contribution is 5.83. The summed E-state index contributed by atoms with van der Waals surface area (Å²) in [6.45, 7) is 6.48. The summed E-state index contributed by atoms with van der Waals surface area (Å²) in [5, 5.41) is 3.49. The lowest BCUT2D eigenvalue weighted by molar-refractivity contribution is -0.146. The third-order valence-corrected chi connectivity index (χ3v) is 5.82. The van der Waals surface area contributed by atoms with Crippen LogP contribution in [0, 0.1) is 11.3 Å². The summed E-state index contributed by atoms with van der Waals surface area (Å²) in [5.74, 6) is 1.05. The molecule has 2 unspecified atom stereocenters. The van der Waals surface area contributed by atoms with E-state index in [0.29, 0.717) is 23.9 Å². The van der Waals surface area contributed by atoms with E-state index in [0.717, 1.165) is 19.5 Å². The summed E-state index contributed by atoms with van der Waals surface area (Å²) in [6.07, 6.45) is 8.69. The van der Waals surface area contributed by atoms with E-state index in [1.165, 1.54) is 38.5 Å². The molecule has 108 valence electrons. The van der Waals surface area contributed by atoms with Gasteiger partial charge in [0.05, 0.1) is 0 Å². The third kappa shape index (κ3) is 2.31. The Kier molecular flexibility index (Phi) is 3.59. The lowest BCUT2D eigenvalue weighted by Gasteiger charge is -2.38. The van der Waals surface area contributed by atoms with E-state index in [2.05, 4.69) is 24.1 Å². The van der Waals surface area contributed by atoms with E-state index in [1.807, 2.05) is 0 Å². The topological polar surface area (TPSA) is 32.3 Å². The maximum atomic E-state index is 13.1. The van der Waals surface area contributed by atoms with Crippen LogP contribution in [0.25, 0.3) is 0 Å². The van der Waals surface area contributed by atoms with E-state index in [-0.39, 0.29) is 5.41 Å². The lowest BCUT2D eigenvalue weighted by atomic mass is 9.76. The Morgan fingerprint density at radius 2 is 1.74 bits per heavy atom. The SMILES string of the molecule is CC(C)(C(=O)N1C2CCNCC1CC2)C1CCCC1. The molecule has 1 N–H and O–H groups in total. The molecule has 0 radical (unpaired) electrons. The number of rotatable bonds is 2. The van der Waals surface area contributed by atoms with Crippen LogP contribution in [0.5, 0.6) is 0 Å². The number of hydrogen-bond donors (Lipinski definition) is 1. The predicted molar refractivity (Wildman–Crippen MR) is 76.9 cm³/mol.